The Bertz CT molecular complexity index is 508. The van der Waals surface area contributed by atoms with Crippen LogP contribution in [-0.2, 0) is 13.1 Å². The van der Waals surface area contributed by atoms with Gasteiger partial charge in [0.2, 0.25) is 0 Å². The molecule has 0 aliphatic rings. The topological polar surface area (TPSA) is 53.9 Å². The van der Waals surface area contributed by atoms with Gasteiger partial charge in [-0.3, -0.25) is 0 Å². The minimum absolute atomic E-state index is 0.756. The number of thiazole rings is 1. The van der Waals surface area contributed by atoms with Crippen molar-refractivity contribution in [2.45, 2.75) is 26.9 Å². The second kappa shape index (κ2) is 6.58. The number of nitrogens with one attached hydrogen (secondary N) is 1. The molecule has 2 aromatic rings. The molecule has 2 rings (SSSR count). The largest absolute Gasteiger partial charge is 0.352 e. The molecule has 1 N–H and O–H groups in total. The molecule has 2 aromatic heterocycles. The normalized spacial score (nSPS) is 10.7. The molecule has 102 valence electrons. The third-order valence-electron chi connectivity index (χ3n) is 2.72. The number of anilines is 1. The number of aromatic nitrogens is 3. The highest BCUT2D eigenvalue weighted by atomic mass is 32.1. The van der Waals surface area contributed by atoms with E-state index in [4.69, 9.17) is 0 Å². The first kappa shape index (κ1) is 13.9. The molecule has 0 spiro atoms. The van der Waals surface area contributed by atoms with Crippen LogP contribution in [0.1, 0.15) is 23.3 Å². The van der Waals surface area contributed by atoms with Crippen LogP contribution >= 0.6 is 11.3 Å². The van der Waals surface area contributed by atoms with Crippen molar-refractivity contribution < 1.29 is 0 Å². The molecule has 0 amide bonds. The van der Waals surface area contributed by atoms with Crippen LogP contribution in [0.4, 0.5) is 5.82 Å². The van der Waals surface area contributed by atoms with E-state index in [2.05, 4.69) is 37.7 Å². The van der Waals surface area contributed by atoms with Crippen molar-refractivity contribution in [3.8, 4) is 0 Å². The third kappa shape index (κ3) is 3.97. The SMILES string of the molecule is CCNCc1ccc(N(C)Cc2csc(C)n2)nn1. The zero-order chi connectivity index (χ0) is 13.7. The molecule has 0 saturated carbocycles. The molecule has 2 heterocycles. The van der Waals surface area contributed by atoms with Crippen LogP contribution in [0.25, 0.3) is 0 Å². The fraction of sp³-hybridized carbons (Fsp3) is 0.462. The number of hydrogen-bond acceptors (Lipinski definition) is 6. The highest BCUT2D eigenvalue weighted by Crippen LogP contribution is 2.14. The van der Waals surface area contributed by atoms with Gasteiger partial charge < -0.3 is 10.2 Å². The van der Waals surface area contributed by atoms with Crippen LogP contribution in [0, 0.1) is 6.92 Å². The van der Waals surface area contributed by atoms with E-state index in [1.807, 2.05) is 26.1 Å². The summed E-state index contributed by atoms with van der Waals surface area (Å²) in [6, 6.07) is 4.01. The fourth-order valence-corrected chi connectivity index (χ4v) is 2.31. The Hall–Kier alpha value is -1.53. The summed E-state index contributed by atoms with van der Waals surface area (Å²) in [7, 11) is 2.00. The molecule has 0 aliphatic carbocycles. The van der Waals surface area contributed by atoms with E-state index in [0.717, 1.165) is 41.8 Å². The summed E-state index contributed by atoms with van der Waals surface area (Å²) in [6.07, 6.45) is 0. The van der Waals surface area contributed by atoms with Gasteiger partial charge in [-0.05, 0) is 25.6 Å². The van der Waals surface area contributed by atoms with Crippen LogP contribution < -0.4 is 10.2 Å². The third-order valence-corrected chi connectivity index (χ3v) is 3.54. The molecule has 0 radical (unpaired) electrons. The first-order chi connectivity index (χ1) is 9.19. The fourth-order valence-electron chi connectivity index (χ4n) is 1.71. The van der Waals surface area contributed by atoms with Gasteiger partial charge in [-0.2, -0.15) is 5.10 Å². The predicted molar refractivity (Wildman–Crippen MR) is 78.4 cm³/mol. The second-order valence-corrected chi connectivity index (χ2v) is 5.44. The summed E-state index contributed by atoms with van der Waals surface area (Å²) in [6.45, 7) is 6.55. The lowest BCUT2D eigenvalue weighted by atomic mass is 10.3. The van der Waals surface area contributed by atoms with Gasteiger partial charge in [0.05, 0.1) is 22.9 Å². The maximum atomic E-state index is 4.45. The zero-order valence-electron chi connectivity index (χ0n) is 11.6. The molecule has 0 unspecified atom stereocenters. The van der Waals surface area contributed by atoms with Gasteiger partial charge in [0.1, 0.15) is 0 Å². The molecular formula is C13H19N5S. The quantitative estimate of drug-likeness (QED) is 0.875. The number of hydrogen-bond donors (Lipinski definition) is 1. The Morgan fingerprint density at radius 2 is 2.11 bits per heavy atom. The van der Waals surface area contributed by atoms with Crippen LogP contribution in [0.5, 0.6) is 0 Å². The first-order valence-corrected chi connectivity index (χ1v) is 7.22. The summed E-state index contributed by atoms with van der Waals surface area (Å²) in [5, 5.41) is 14.9. The Morgan fingerprint density at radius 3 is 2.68 bits per heavy atom. The van der Waals surface area contributed by atoms with E-state index in [-0.39, 0.29) is 0 Å². The van der Waals surface area contributed by atoms with Gasteiger partial charge in [-0.15, -0.1) is 16.4 Å². The van der Waals surface area contributed by atoms with E-state index in [9.17, 15) is 0 Å². The van der Waals surface area contributed by atoms with Gasteiger partial charge >= 0.3 is 0 Å². The maximum absolute atomic E-state index is 4.45. The van der Waals surface area contributed by atoms with Gasteiger partial charge in [0.25, 0.3) is 0 Å². The molecular weight excluding hydrogens is 258 g/mol. The lowest BCUT2D eigenvalue weighted by molar-refractivity contribution is 0.696. The summed E-state index contributed by atoms with van der Waals surface area (Å²) in [5.41, 5.74) is 2.03. The molecule has 0 atom stereocenters. The van der Waals surface area contributed by atoms with Crippen LogP contribution in [0.15, 0.2) is 17.5 Å². The molecule has 5 nitrogen and oxygen atoms in total. The second-order valence-electron chi connectivity index (χ2n) is 4.38. The molecule has 0 fully saturated rings. The minimum Gasteiger partial charge on any atom is -0.352 e. The van der Waals surface area contributed by atoms with E-state index in [1.54, 1.807) is 11.3 Å². The molecule has 0 aliphatic heterocycles. The Labute approximate surface area is 117 Å². The van der Waals surface area contributed by atoms with Gasteiger partial charge in [-0.25, -0.2) is 4.98 Å². The lowest BCUT2D eigenvalue weighted by Crippen LogP contribution is -2.19. The van der Waals surface area contributed by atoms with Gasteiger partial charge in [0, 0.05) is 19.0 Å². The van der Waals surface area contributed by atoms with Crippen molar-refractivity contribution in [2.75, 3.05) is 18.5 Å². The molecule has 0 saturated heterocycles. The van der Waals surface area contributed by atoms with Gasteiger partial charge in [-0.1, -0.05) is 6.92 Å². The van der Waals surface area contributed by atoms with E-state index in [1.165, 1.54) is 0 Å². The first-order valence-electron chi connectivity index (χ1n) is 6.34. The van der Waals surface area contributed by atoms with E-state index in [0.29, 0.717) is 0 Å². The van der Waals surface area contributed by atoms with Crippen molar-refractivity contribution in [1.29, 1.82) is 0 Å². The minimum atomic E-state index is 0.756. The van der Waals surface area contributed by atoms with E-state index < -0.39 is 0 Å². The van der Waals surface area contributed by atoms with Crippen molar-refractivity contribution in [3.63, 3.8) is 0 Å². The Kier molecular flexibility index (Phi) is 4.81. The predicted octanol–water partition coefficient (Wildman–Crippen LogP) is 1.99. The van der Waals surface area contributed by atoms with E-state index >= 15 is 0 Å². The monoisotopic (exact) mass is 277 g/mol. The maximum Gasteiger partial charge on any atom is 0.151 e. The summed E-state index contributed by atoms with van der Waals surface area (Å²) < 4.78 is 0. The number of rotatable bonds is 6. The smallest absolute Gasteiger partial charge is 0.151 e. The molecule has 0 bridgehead atoms. The number of aryl methyl sites for hydroxylation is 1. The summed E-state index contributed by atoms with van der Waals surface area (Å²) >= 11 is 1.67. The molecule has 6 heteroatoms. The summed E-state index contributed by atoms with van der Waals surface area (Å²) in [4.78, 5) is 6.51. The highest BCUT2D eigenvalue weighted by Gasteiger charge is 2.06. The molecule has 19 heavy (non-hydrogen) atoms. The van der Waals surface area contributed by atoms with Crippen molar-refractivity contribution in [1.82, 2.24) is 20.5 Å². The van der Waals surface area contributed by atoms with Crippen LogP contribution in [0.2, 0.25) is 0 Å². The average Bonchev–Trinajstić information content (AvgIpc) is 2.82. The molecule has 0 aromatic carbocycles. The van der Waals surface area contributed by atoms with Crippen molar-refractivity contribution in [2.24, 2.45) is 0 Å². The number of nitrogens with zero attached hydrogens (tertiary/aromatic N) is 4. The zero-order valence-corrected chi connectivity index (χ0v) is 12.4. The van der Waals surface area contributed by atoms with Crippen molar-refractivity contribution >= 4 is 17.2 Å². The van der Waals surface area contributed by atoms with Crippen molar-refractivity contribution in [3.05, 3.63) is 33.9 Å². The van der Waals surface area contributed by atoms with Crippen LogP contribution in [-0.4, -0.2) is 28.8 Å². The Balaban J connectivity index is 1.97. The summed E-state index contributed by atoms with van der Waals surface area (Å²) in [5.74, 6) is 0.867. The van der Waals surface area contributed by atoms with Crippen LogP contribution in [0.3, 0.4) is 0 Å². The standard InChI is InChI=1S/C13H19N5S/c1-4-14-7-11-5-6-13(17-16-11)18(3)8-12-9-19-10(2)15-12/h5-6,9,14H,4,7-8H2,1-3H3. The lowest BCUT2D eigenvalue weighted by Gasteiger charge is -2.16. The Morgan fingerprint density at radius 1 is 1.26 bits per heavy atom. The average molecular weight is 277 g/mol. The van der Waals surface area contributed by atoms with Gasteiger partial charge in [0.15, 0.2) is 5.82 Å². The highest BCUT2D eigenvalue weighted by molar-refractivity contribution is 7.09.